The molecule has 0 spiro atoms. The lowest BCUT2D eigenvalue weighted by Gasteiger charge is -2.37. The summed E-state index contributed by atoms with van der Waals surface area (Å²) in [6.45, 7) is 4.58. The summed E-state index contributed by atoms with van der Waals surface area (Å²) in [7, 11) is 0. The summed E-state index contributed by atoms with van der Waals surface area (Å²) >= 11 is 1.63. The SMILES string of the molecule is Cc1cc2[nH]c(C(=O)NC3CCCN(C(C)c4ccc(F)cc4)C3=O)cc2s1. The third-order valence-corrected chi connectivity index (χ3v) is 6.27. The van der Waals surface area contributed by atoms with Crippen LogP contribution < -0.4 is 5.32 Å². The van der Waals surface area contributed by atoms with Crippen LogP contribution in [-0.2, 0) is 4.79 Å². The lowest BCUT2D eigenvalue weighted by atomic mass is 9.99. The molecule has 1 aliphatic rings. The molecule has 4 rings (SSSR count). The van der Waals surface area contributed by atoms with Crippen LogP contribution in [0, 0.1) is 12.7 Å². The van der Waals surface area contributed by atoms with E-state index in [0.717, 1.165) is 22.2 Å². The molecule has 0 bridgehead atoms. The molecular formula is C21H22FN3O2S. The second-order valence-corrected chi connectivity index (χ2v) is 8.53. The molecule has 2 atom stereocenters. The molecular weight excluding hydrogens is 377 g/mol. The Hall–Kier alpha value is -2.67. The molecule has 2 aromatic heterocycles. The van der Waals surface area contributed by atoms with E-state index < -0.39 is 6.04 Å². The van der Waals surface area contributed by atoms with Gasteiger partial charge < -0.3 is 15.2 Å². The highest BCUT2D eigenvalue weighted by Gasteiger charge is 2.33. The number of carbonyl (C=O) groups is 2. The van der Waals surface area contributed by atoms with Gasteiger partial charge in [0.05, 0.1) is 16.3 Å². The quantitative estimate of drug-likeness (QED) is 0.692. The maximum Gasteiger partial charge on any atom is 0.268 e. The average molecular weight is 399 g/mol. The number of hydrogen-bond donors (Lipinski definition) is 2. The Morgan fingerprint density at radius 3 is 2.79 bits per heavy atom. The van der Waals surface area contributed by atoms with Crippen LogP contribution >= 0.6 is 11.3 Å². The van der Waals surface area contributed by atoms with Crippen molar-refractivity contribution in [2.75, 3.05) is 6.54 Å². The molecule has 2 unspecified atom stereocenters. The maximum absolute atomic E-state index is 13.2. The molecule has 1 saturated heterocycles. The number of piperidine rings is 1. The van der Waals surface area contributed by atoms with Gasteiger partial charge in [-0.3, -0.25) is 9.59 Å². The number of carbonyl (C=O) groups excluding carboxylic acids is 2. The first kappa shape index (κ1) is 18.7. The highest BCUT2D eigenvalue weighted by atomic mass is 32.1. The second kappa shape index (κ2) is 7.39. The predicted octanol–water partition coefficient (Wildman–Crippen LogP) is 4.16. The van der Waals surface area contributed by atoms with Gasteiger partial charge in [-0.05, 0) is 56.5 Å². The monoisotopic (exact) mass is 399 g/mol. The van der Waals surface area contributed by atoms with Crippen LogP contribution in [0.15, 0.2) is 36.4 Å². The van der Waals surface area contributed by atoms with Crippen LogP contribution in [0.4, 0.5) is 4.39 Å². The smallest absolute Gasteiger partial charge is 0.268 e. The van der Waals surface area contributed by atoms with Crippen molar-refractivity contribution in [1.82, 2.24) is 15.2 Å². The molecule has 28 heavy (non-hydrogen) atoms. The van der Waals surface area contributed by atoms with Gasteiger partial charge in [-0.2, -0.15) is 0 Å². The minimum absolute atomic E-state index is 0.0966. The predicted molar refractivity (Wildman–Crippen MR) is 108 cm³/mol. The third-order valence-electron chi connectivity index (χ3n) is 5.27. The van der Waals surface area contributed by atoms with E-state index in [1.807, 2.05) is 26.0 Å². The number of amides is 2. The second-order valence-electron chi connectivity index (χ2n) is 7.25. The number of halogens is 1. The van der Waals surface area contributed by atoms with Gasteiger partial charge in [0.2, 0.25) is 5.91 Å². The molecule has 1 aromatic carbocycles. The molecule has 5 nitrogen and oxygen atoms in total. The lowest BCUT2D eigenvalue weighted by molar-refractivity contribution is -0.138. The first-order valence-electron chi connectivity index (χ1n) is 9.38. The number of benzene rings is 1. The fraction of sp³-hybridized carbons (Fsp3) is 0.333. The Kier molecular flexibility index (Phi) is 4.93. The van der Waals surface area contributed by atoms with Crippen LogP contribution in [0.3, 0.4) is 0 Å². The number of hydrogen-bond acceptors (Lipinski definition) is 3. The zero-order chi connectivity index (χ0) is 19.8. The number of aryl methyl sites for hydroxylation is 1. The topological polar surface area (TPSA) is 65.2 Å². The van der Waals surface area contributed by atoms with E-state index in [4.69, 9.17) is 0 Å². The van der Waals surface area contributed by atoms with Gasteiger partial charge in [-0.15, -0.1) is 11.3 Å². The number of nitrogens with zero attached hydrogens (tertiary/aromatic N) is 1. The van der Waals surface area contributed by atoms with Crippen molar-refractivity contribution in [2.24, 2.45) is 0 Å². The van der Waals surface area contributed by atoms with Gasteiger partial charge in [0, 0.05) is 11.4 Å². The van der Waals surface area contributed by atoms with E-state index in [0.29, 0.717) is 18.7 Å². The summed E-state index contributed by atoms with van der Waals surface area (Å²) in [5, 5.41) is 2.88. The fourth-order valence-corrected chi connectivity index (χ4v) is 4.67. The molecule has 2 amide bonds. The standard InChI is InChI=1S/C21H22FN3O2S/c1-12-10-17-19(28-12)11-18(23-17)20(26)24-16-4-3-9-25(21(16)27)13(2)14-5-7-15(22)8-6-14/h5-8,10-11,13,16,23H,3-4,9H2,1-2H3,(H,24,26). The van der Waals surface area contributed by atoms with Crippen molar-refractivity contribution in [1.29, 1.82) is 0 Å². The van der Waals surface area contributed by atoms with Crippen molar-refractivity contribution < 1.29 is 14.0 Å². The summed E-state index contributed by atoms with van der Waals surface area (Å²) in [6, 6.07) is 9.31. The van der Waals surface area contributed by atoms with Crippen LogP contribution in [0.2, 0.25) is 0 Å². The largest absolute Gasteiger partial charge is 0.350 e. The molecule has 1 aliphatic heterocycles. The van der Waals surface area contributed by atoms with Crippen molar-refractivity contribution in [3.05, 3.63) is 58.3 Å². The average Bonchev–Trinajstić information content (AvgIpc) is 3.21. The van der Waals surface area contributed by atoms with E-state index in [-0.39, 0.29) is 23.7 Å². The molecule has 0 radical (unpaired) electrons. The Morgan fingerprint density at radius 2 is 2.07 bits per heavy atom. The summed E-state index contributed by atoms with van der Waals surface area (Å²) in [4.78, 5) is 31.7. The number of fused-ring (bicyclic) bond motifs is 1. The summed E-state index contributed by atoms with van der Waals surface area (Å²) in [6.07, 6.45) is 1.42. The molecule has 7 heteroatoms. The van der Waals surface area contributed by atoms with Gasteiger partial charge in [-0.1, -0.05) is 12.1 Å². The Morgan fingerprint density at radius 1 is 1.32 bits per heavy atom. The summed E-state index contributed by atoms with van der Waals surface area (Å²) in [5.74, 6) is -0.663. The molecule has 0 saturated carbocycles. The van der Waals surface area contributed by atoms with E-state index in [1.54, 1.807) is 28.4 Å². The van der Waals surface area contributed by atoms with E-state index in [2.05, 4.69) is 10.3 Å². The molecule has 1 fully saturated rings. The minimum atomic E-state index is -0.549. The highest BCUT2D eigenvalue weighted by Crippen LogP contribution is 2.27. The van der Waals surface area contributed by atoms with Crippen molar-refractivity contribution >= 4 is 33.4 Å². The summed E-state index contributed by atoms with van der Waals surface area (Å²) in [5.41, 5.74) is 2.29. The van der Waals surface area contributed by atoms with Gasteiger partial charge in [0.15, 0.2) is 0 Å². The zero-order valence-electron chi connectivity index (χ0n) is 15.8. The number of H-pyrrole nitrogens is 1. The number of nitrogens with one attached hydrogen (secondary N) is 2. The van der Waals surface area contributed by atoms with Gasteiger partial charge in [0.25, 0.3) is 5.91 Å². The highest BCUT2D eigenvalue weighted by molar-refractivity contribution is 7.19. The van der Waals surface area contributed by atoms with Gasteiger partial charge >= 0.3 is 0 Å². The van der Waals surface area contributed by atoms with E-state index in [1.165, 1.54) is 17.0 Å². The zero-order valence-corrected chi connectivity index (χ0v) is 16.6. The molecule has 146 valence electrons. The van der Waals surface area contributed by atoms with Crippen molar-refractivity contribution in [3.8, 4) is 0 Å². The number of likely N-dealkylation sites (tertiary alicyclic amines) is 1. The number of aromatic nitrogens is 1. The van der Waals surface area contributed by atoms with Gasteiger partial charge in [0.1, 0.15) is 17.6 Å². The van der Waals surface area contributed by atoms with Crippen molar-refractivity contribution in [3.63, 3.8) is 0 Å². The summed E-state index contributed by atoms with van der Waals surface area (Å²) < 4.78 is 14.2. The Balaban J connectivity index is 1.47. The molecule has 2 N–H and O–H groups in total. The first-order chi connectivity index (χ1) is 13.4. The molecule has 3 aromatic rings. The number of rotatable bonds is 4. The number of thiophene rings is 1. The Labute approximate surface area is 166 Å². The first-order valence-corrected chi connectivity index (χ1v) is 10.2. The normalized spacial score (nSPS) is 18.5. The van der Waals surface area contributed by atoms with E-state index >= 15 is 0 Å². The fourth-order valence-electron chi connectivity index (χ4n) is 3.75. The van der Waals surface area contributed by atoms with Crippen LogP contribution in [0.25, 0.3) is 10.2 Å². The van der Waals surface area contributed by atoms with Crippen LogP contribution in [-0.4, -0.2) is 34.3 Å². The lowest BCUT2D eigenvalue weighted by Crippen LogP contribution is -2.52. The third kappa shape index (κ3) is 3.54. The minimum Gasteiger partial charge on any atom is -0.350 e. The maximum atomic E-state index is 13.2. The van der Waals surface area contributed by atoms with E-state index in [9.17, 15) is 14.0 Å². The Bertz CT molecular complexity index is 993. The molecule has 3 heterocycles. The van der Waals surface area contributed by atoms with Crippen LogP contribution in [0.5, 0.6) is 0 Å². The van der Waals surface area contributed by atoms with Gasteiger partial charge in [-0.25, -0.2) is 4.39 Å². The number of aromatic amines is 1. The van der Waals surface area contributed by atoms with Crippen molar-refractivity contribution in [2.45, 2.75) is 38.8 Å². The van der Waals surface area contributed by atoms with Crippen LogP contribution in [0.1, 0.15) is 46.7 Å². The molecule has 0 aliphatic carbocycles.